The molecule has 0 aromatic heterocycles. The van der Waals surface area contributed by atoms with Crippen molar-refractivity contribution in [2.45, 2.75) is 13.3 Å². The van der Waals surface area contributed by atoms with Gasteiger partial charge in [0.25, 0.3) is 0 Å². The highest BCUT2D eigenvalue weighted by Crippen LogP contribution is 2.01. The summed E-state index contributed by atoms with van der Waals surface area (Å²) < 4.78 is 12.0. The number of rotatable bonds is 0. The van der Waals surface area contributed by atoms with E-state index in [-0.39, 0.29) is 5.82 Å². The Morgan fingerprint density at radius 2 is 1.83 bits per heavy atom. The van der Waals surface area contributed by atoms with E-state index >= 15 is 0 Å². The van der Waals surface area contributed by atoms with Crippen molar-refractivity contribution in [3.05, 3.63) is 30.1 Å². The predicted octanol–water partition coefficient (Wildman–Crippen LogP) is 2.44. The fourth-order valence-electron chi connectivity index (χ4n) is 0.463. The zero-order valence-corrected chi connectivity index (χ0v) is 7.05. The molecule has 1 aromatic carbocycles. The van der Waals surface area contributed by atoms with Crippen molar-refractivity contribution in [3.8, 4) is 12.3 Å². The van der Waals surface area contributed by atoms with Crippen molar-refractivity contribution in [1.29, 1.82) is 0 Å². The zero-order valence-electron chi connectivity index (χ0n) is 7.05. The quantitative estimate of drug-likeness (QED) is 0.463. The van der Waals surface area contributed by atoms with Gasteiger partial charge in [0, 0.05) is 12.1 Å². The summed E-state index contributed by atoms with van der Waals surface area (Å²) in [5, 5.41) is 0. The standard InChI is InChI=1S/C6H6FN.C4H6/c7-5-1-3-6(8)4-2-5;1-3-4-2/h1-4H,8H2;1H,4H2,2H3. The predicted molar refractivity (Wildman–Crippen MR) is 49.9 cm³/mol. The topological polar surface area (TPSA) is 26.0 Å². The smallest absolute Gasteiger partial charge is 0.123 e. The molecule has 2 N–H and O–H groups in total. The maximum Gasteiger partial charge on any atom is 0.123 e. The van der Waals surface area contributed by atoms with Gasteiger partial charge in [-0.1, -0.05) is 6.92 Å². The molecule has 1 aromatic rings. The van der Waals surface area contributed by atoms with Gasteiger partial charge in [0.05, 0.1) is 0 Å². The van der Waals surface area contributed by atoms with Gasteiger partial charge in [-0.3, -0.25) is 0 Å². The Balaban J connectivity index is 0.000000261. The molecule has 0 saturated heterocycles. The number of hydrogen-bond acceptors (Lipinski definition) is 1. The van der Waals surface area contributed by atoms with Gasteiger partial charge in [-0.05, 0) is 24.3 Å². The maximum atomic E-state index is 12.0. The van der Waals surface area contributed by atoms with Crippen molar-refractivity contribution in [2.75, 3.05) is 5.73 Å². The molecule has 0 aliphatic rings. The molecule has 2 heteroatoms. The Morgan fingerprint density at radius 1 is 1.42 bits per heavy atom. The van der Waals surface area contributed by atoms with Crippen LogP contribution in [0.3, 0.4) is 0 Å². The van der Waals surface area contributed by atoms with Crippen LogP contribution in [0.25, 0.3) is 0 Å². The van der Waals surface area contributed by atoms with E-state index in [1.165, 1.54) is 24.3 Å². The number of halogens is 1. The number of nitrogens with two attached hydrogens (primary N) is 1. The van der Waals surface area contributed by atoms with Gasteiger partial charge in [0.1, 0.15) is 5.82 Å². The molecule has 0 spiro atoms. The number of nitrogen functional groups attached to an aromatic ring is 1. The second kappa shape index (κ2) is 6.23. The summed E-state index contributed by atoms with van der Waals surface area (Å²) in [6.45, 7) is 1.94. The first-order valence-electron chi connectivity index (χ1n) is 3.65. The van der Waals surface area contributed by atoms with Crippen LogP contribution in [0, 0.1) is 18.2 Å². The Labute approximate surface area is 72.4 Å². The van der Waals surface area contributed by atoms with Crippen LogP contribution in [0.4, 0.5) is 10.1 Å². The summed E-state index contributed by atoms with van der Waals surface area (Å²) in [4.78, 5) is 0. The van der Waals surface area contributed by atoms with Crippen molar-refractivity contribution < 1.29 is 4.39 Å². The molecule has 12 heavy (non-hydrogen) atoms. The molecule has 0 amide bonds. The SMILES string of the molecule is C#CCC.Nc1ccc(F)cc1. The first-order valence-corrected chi connectivity index (χ1v) is 3.65. The molecule has 64 valence electrons. The minimum absolute atomic E-state index is 0.251. The van der Waals surface area contributed by atoms with E-state index in [9.17, 15) is 4.39 Å². The summed E-state index contributed by atoms with van der Waals surface area (Å²) in [5.41, 5.74) is 5.85. The third-order valence-corrected chi connectivity index (χ3v) is 1.07. The fourth-order valence-corrected chi connectivity index (χ4v) is 0.463. The lowest BCUT2D eigenvalue weighted by Crippen LogP contribution is -1.82. The van der Waals surface area contributed by atoms with Gasteiger partial charge in [-0.25, -0.2) is 4.39 Å². The average molecular weight is 165 g/mol. The molecule has 0 bridgehead atoms. The Morgan fingerprint density at radius 3 is 2.08 bits per heavy atom. The van der Waals surface area contributed by atoms with Crippen LogP contribution >= 0.6 is 0 Å². The van der Waals surface area contributed by atoms with Crippen LogP contribution in [-0.4, -0.2) is 0 Å². The van der Waals surface area contributed by atoms with Crippen LogP contribution < -0.4 is 5.73 Å². The monoisotopic (exact) mass is 165 g/mol. The van der Waals surface area contributed by atoms with Crippen molar-refractivity contribution in [1.82, 2.24) is 0 Å². The number of benzene rings is 1. The number of hydrogen-bond donors (Lipinski definition) is 1. The lowest BCUT2D eigenvalue weighted by molar-refractivity contribution is 0.628. The molecule has 0 atom stereocenters. The van der Waals surface area contributed by atoms with Gasteiger partial charge in [-0.2, -0.15) is 0 Å². The van der Waals surface area contributed by atoms with Gasteiger partial charge >= 0.3 is 0 Å². The molecular formula is C10H12FN. The fraction of sp³-hybridized carbons (Fsp3) is 0.200. The molecule has 0 heterocycles. The van der Waals surface area contributed by atoms with E-state index < -0.39 is 0 Å². The van der Waals surface area contributed by atoms with E-state index in [4.69, 9.17) is 12.2 Å². The molecule has 0 unspecified atom stereocenters. The van der Waals surface area contributed by atoms with Crippen LogP contribution in [0.1, 0.15) is 13.3 Å². The lowest BCUT2D eigenvalue weighted by Gasteiger charge is -1.87. The van der Waals surface area contributed by atoms with Crippen molar-refractivity contribution >= 4 is 5.69 Å². The average Bonchev–Trinajstić information content (AvgIpc) is 2.11. The van der Waals surface area contributed by atoms with E-state index in [0.29, 0.717) is 5.69 Å². The Kier molecular flexibility index (Phi) is 5.46. The lowest BCUT2D eigenvalue weighted by atomic mass is 10.3. The van der Waals surface area contributed by atoms with E-state index in [0.717, 1.165) is 6.42 Å². The molecule has 0 fully saturated rings. The van der Waals surface area contributed by atoms with Crippen LogP contribution in [0.15, 0.2) is 24.3 Å². The summed E-state index contributed by atoms with van der Waals surface area (Å²) in [7, 11) is 0. The molecular weight excluding hydrogens is 153 g/mol. The summed E-state index contributed by atoms with van der Waals surface area (Å²) in [5.74, 6) is 2.18. The first kappa shape index (κ1) is 10.5. The minimum atomic E-state index is -0.251. The van der Waals surface area contributed by atoms with Gasteiger partial charge < -0.3 is 5.73 Å². The van der Waals surface area contributed by atoms with Crippen LogP contribution in [-0.2, 0) is 0 Å². The van der Waals surface area contributed by atoms with Crippen molar-refractivity contribution in [3.63, 3.8) is 0 Å². The zero-order chi connectivity index (χ0) is 9.40. The second-order valence-electron chi connectivity index (χ2n) is 2.11. The molecule has 0 saturated carbocycles. The minimum Gasteiger partial charge on any atom is -0.399 e. The third kappa shape index (κ3) is 5.31. The largest absolute Gasteiger partial charge is 0.399 e. The molecule has 0 radical (unpaired) electrons. The first-order chi connectivity index (χ1) is 5.70. The highest BCUT2D eigenvalue weighted by molar-refractivity contribution is 5.36. The van der Waals surface area contributed by atoms with Gasteiger partial charge in [0.15, 0.2) is 0 Å². The highest BCUT2D eigenvalue weighted by atomic mass is 19.1. The molecule has 0 aliphatic heterocycles. The normalized spacial score (nSPS) is 7.75. The van der Waals surface area contributed by atoms with Gasteiger partial charge in [-0.15, -0.1) is 12.3 Å². The van der Waals surface area contributed by atoms with Crippen LogP contribution in [0.2, 0.25) is 0 Å². The number of terminal acetylenes is 1. The van der Waals surface area contributed by atoms with E-state index in [2.05, 4.69) is 5.92 Å². The molecule has 1 rings (SSSR count). The summed E-state index contributed by atoms with van der Waals surface area (Å²) in [6, 6.07) is 5.70. The highest BCUT2D eigenvalue weighted by Gasteiger charge is 1.83. The Hall–Kier alpha value is -1.49. The van der Waals surface area contributed by atoms with Crippen LogP contribution in [0.5, 0.6) is 0 Å². The summed E-state index contributed by atoms with van der Waals surface area (Å²) >= 11 is 0. The van der Waals surface area contributed by atoms with E-state index in [1.807, 2.05) is 6.92 Å². The molecule has 0 aliphatic carbocycles. The molecule has 1 nitrogen and oxygen atoms in total. The van der Waals surface area contributed by atoms with Crippen molar-refractivity contribution in [2.24, 2.45) is 0 Å². The summed E-state index contributed by atoms with van der Waals surface area (Å²) in [6.07, 6.45) is 5.62. The van der Waals surface area contributed by atoms with Gasteiger partial charge in [0.2, 0.25) is 0 Å². The number of anilines is 1. The Bertz CT molecular complexity index is 225. The van der Waals surface area contributed by atoms with E-state index in [1.54, 1.807) is 0 Å². The third-order valence-electron chi connectivity index (χ3n) is 1.07. The second-order valence-corrected chi connectivity index (χ2v) is 2.11. The maximum absolute atomic E-state index is 12.0.